The van der Waals surface area contributed by atoms with Gasteiger partial charge in [0.1, 0.15) is 11.6 Å². The molecular weight excluding hydrogens is 210 g/mol. The molecule has 15 heavy (non-hydrogen) atoms. The quantitative estimate of drug-likeness (QED) is 0.439. The van der Waals surface area contributed by atoms with Gasteiger partial charge < -0.3 is 4.55 Å². The number of nitrogens with one attached hydrogen (secondary N) is 1. The molecule has 0 aliphatic rings. The van der Waals surface area contributed by atoms with Crippen molar-refractivity contribution < 1.29 is 4.55 Å². The van der Waals surface area contributed by atoms with Crippen molar-refractivity contribution in [2.75, 3.05) is 5.75 Å². The smallest absolute Gasteiger partial charge is 0.340 e. The molecule has 5 heteroatoms. The van der Waals surface area contributed by atoms with E-state index in [1.807, 2.05) is 0 Å². The van der Waals surface area contributed by atoms with Crippen LogP contribution in [0.4, 0.5) is 0 Å². The Bertz CT molecular complexity index is 301. The van der Waals surface area contributed by atoms with Gasteiger partial charge in [-0.05, 0) is 12.5 Å². The lowest BCUT2D eigenvalue weighted by atomic mass is 10.2. The summed E-state index contributed by atoms with van der Waals surface area (Å²) in [5, 5.41) is 8.28. The maximum Gasteiger partial charge on any atom is 0.340 e. The first-order chi connectivity index (χ1) is 7.27. The van der Waals surface area contributed by atoms with Gasteiger partial charge in [0.2, 0.25) is 0 Å². The summed E-state index contributed by atoms with van der Waals surface area (Å²) in [5.41, 5.74) is 0. The van der Waals surface area contributed by atoms with E-state index in [1.165, 1.54) is 12.8 Å². The predicted octanol–water partition coefficient (Wildman–Crippen LogP) is 1.83. The van der Waals surface area contributed by atoms with Gasteiger partial charge in [-0.15, -0.1) is 5.10 Å². The van der Waals surface area contributed by atoms with Gasteiger partial charge in [0, 0.05) is 17.6 Å². The van der Waals surface area contributed by atoms with Crippen LogP contribution >= 0.6 is 0 Å². The molecule has 1 atom stereocenters. The van der Waals surface area contributed by atoms with Crippen LogP contribution in [-0.2, 0) is 17.6 Å². The molecule has 0 aliphatic heterocycles. The number of aromatic amines is 1. The van der Waals surface area contributed by atoms with Crippen molar-refractivity contribution in [1.82, 2.24) is 15.2 Å². The van der Waals surface area contributed by atoms with Crippen molar-refractivity contribution in [3.8, 4) is 0 Å². The topological polar surface area (TPSA) is 64.6 Å². The summed E-state index contributed by atoms with van der Waals surface area (Å²) < 4.78 is 11.5. The molecule has 1 N–H and O–H groups in total. The summed E-state index contributed by atoms with van der Waals surface area (Å²) in [6.45, 7) is 5.70. The van der Waals surface area contributed by atoms with Crippen molar-refractivity contribution in [1.29, 1.82) is 0 Å². The molecule has 0 fully saturated rings. The van der Waals surface area contributed by atoms with E-state index in [2.05, 4.69) is 28.7 Å². The molecule has 4 nitrogen and oxygen atoms in total. The highest BCUT2D eigenvalue weighted by atomic mass is 32.2. The summed E-state index contributed by atoms with van der Waals surface area (Å²) >= 11 is -1.12. The van der Waals surface area contributed by atoms with Crippen LogP contribution in [-0.4, -0.2) is 25.5 Å². The fraction of sp³-hybridized carbons (Fsp3) is 0.600. The molecular formula is C10H17N3OS. The molecule has 0 saturated carbocycles. The zero-order valence-corrected chi connectivity index (χ0v) is 9.85. The summed E-state index contributed by atoms with van der Waals surface area (Å²) in [5.74, 6) is 1.25. The molecule has 0 aromatic carbocycles. The molecule has 0 aliphatic carbocycles. The lowest BCUT2D eigenvalue weighted by molar-refractivity contribution is 0.589. The lowest BCUT2D eigenvalue weighted by Gasteiger charge is -2.01. The van der Waals surface area contributed by atoms with Crippen molar-refractivity contribution in [2.45, 2.75) is 37.8 Å². The van der Waals surface area contributed by atoms with Gasteiger partial charge >= 0.3 is 5.16 Å². The Balaban J connectivity index is 2.44. The van der Waals surface area contributed by atoms with Crippen molar-refractivity contribution in [2.24, 2.45) is 0 Å². The van der Waals surface area contributed by atoms with E-state index < -0.39 is 11.2 Å². The average Bonchev–Trinajstić information content (AvgIpc) is 2.67. The van der Waals surface area contributed by atoms with Gasteiger partial charge in [-0.2, -0.15) is 0 Å². The van der Waals surface area contributed by atoms with E-state index >= 15 is 0 Å². The van der Waals surface area contributed by atoms with E-state index in [1.54, 1.807) is 6.08 Å². The molecule has 1 rings (SSSR count). The van der Waals surface area contributed by atoms with Crippen LogP contribution in [0.1, 0.15) is 32.0 Å². The number of nitrogens with zero attached hydrogens (tertiary/aromatic N) is 2. The third-order valence-corrected chi connectivity index (χ3v) is 3.17. The molecule has 0 saturated heterocycles. The monoisotopic (exact) mass is 227 g/mol. The molecule has 1 aromatic rings. The highest BCUT2D eigenvalue weighted by molar-refractivity contribution is 7.91. The van der Waals surface area contributed by atoms with Crippen LogP contribution in [0.3, 0.4) is 0 Å². The third kappa shape index (κ3) is 4.05. The van der Waals surface area contributed by atoms with Crippen LogP contribution < -0.4 is 0 Å². The van der Waals surface area contributed by atoms with Gasteiger partial charge in [0.25, 0.3) is 0 Å². The van der Waals surface area contributed by atoms with Crippen LogP contribution in [0.15, 0.2) is 17.8 Å². The third-order valence-electron chi connectivity index (χ3n) is 2.01. The number of unbranched alkanes of at least 4 members (excludes halogenated alkanes) is 2. The van der Waals surface area contributed by atoms with E-state index in [4.69, 9.17) is 0 Å². The van der Waals surface area contributed by atoms with Gasteiger partial charge in [0.15, 0.2) is 0 Å². The largest absolute Gasteiger partial charge is 0.609 e. The summed E-state index contributed by atoms with van der Waals surface area (Å²) in [6, 6.07) is 0. The summed E-state index contributed by atoms with van der Waals surface area (Å²) in [7, 11) is 0. The first-order valence-electron chi connectivity index (χ1n) is 5.18. The van der Waals surface area contributed by atoms with Crippen LogP contribution in [0.25, 0.3) is 0 Å². The predicted molar refractivity (Wildman–Crippen MR) is 61.1 cm³/mol. The number of rotatable bonds is 7. The van der Waals surface area contributed by atoms with Gasteiger partial charge in [0.05, 0.1) is 0 Å². The lowest BCUT2D eigenvalue weighted by Crippen LogP contribution is -2.06. The zero-order chi connectivity index (χ0) is 11.1. The highest BCUT2D eigenvalue weighted by Crippen LogP contribution is 2.07. The summed E-state index contributed by atoms with van der Waals surface area (Å²) in [6.07, 6.45) is 5.97. The standard InChI is InChI=1S/C10H17N3OS/c1-3-5-6-7-9-11-10(13-12-9)15(14)8-4-2/h4H,2-3,5-8H2,1H3,(H,11,12,13). The molecule has 0 radical (unpaired) electrons. The number of hydrogen-bond acceptors (Lipinski definition) is 3. The second kappa shape index (κ2) is 6.63. The Morgan fingerprint density at radius 2 is 2.27 bits per heavy atom. The van der Waals surface area contributed by atoms with Gasteiger partial charge in [-0.25, -0.2) is 0 Å². The zero-order valence-electron chi connectivity index (χ0n) is 9.03. The van der Waals surface area contributed by atoms with Crippen molar-refractivity contribution >= 4 is 11.2 Å². The maximum atomic E-state index is 11.5. The normalized spacial score (nSPS) is 12.7. The SMILES string of the molecule is C=CC[S+]([O-])c1nnc(CCCCC)[nH]1. The van der Waals surface area contributed by atoms with Crippen LogP contribution in [0.2, 0.25) is 0 Å². The Morgan fingerprint density at radius 1 is 1.47 bits per heavy atom. The second-order valence-corrected chi connectivity index (χ2v) is 4.75. The van der Waals surface area contributed by atoms with E-state index in [0.29, 0.717) is 10.9 Å². The minimum atomic E-state index is -1.12. The Morgan fingerprint density at radius 3 is 2.93 bits per heavy atom. The van der Waals surface area contributed by atoms with Gasteiger partial charge in [-0.3, -0.25) is 4.98 Å². The molecule has 84 valence electrons. The van der Waals surface area contributed by atoms with Crippen molar-refractivity contribution in [3.05, 3.63) is 18.5 Å². The molecule has 0 bridgehead atoms. The van der Waals surface area contributed by atoms with Gasteiger partial charge in [-0.1, -0.05) is 31.4 Å². The Hall–Kier alpha value is -0.810. The minimum Gasteiger partial charge on any atom is -0.609 e. The van der Waals surface area contributed by atoms with E-state index in [-0.39, 0.29) is 0 Å². The Kier molecular flexibility index (Phi) is 5.42. The fourth-order valence-corrected chi connectivity index (χ4v) is 1.96. The molecule has 0 spiro atoms. The Labute approximate surface area is 93.4 Å². The van der Waals surface area contributed by atoms with E-state index in [9.17, 15) is 4.55 Å². The van der Waals surface area contributed by atoms with Crippen molar-refractivity contribution in [3.63, 3.8) is 0 Å². The fourth-order valence-electron chi connectivity index (χ4n) is 1.22. The number of aromatic nitrogens is 3. The highest BCUT2D eigenvalue weighted by Gasteiger charge is 2.14. The average molecular weight is 227 g/mol. The first-order valence-corrected chi connectivity index (χ1v) is 6.50. The number of hydrogen-bond donors (Lipinski definition) is 1. The second-order valence-electron chi connectivity index (χ2n) is 3.33. The minimum absolute atomic E-state index is 0.420. The van der Waals surface area contributed by atoms with Crippen LogP contribution in [0, 0.1) is 0 Å². The maximum absolute atomic E-state index is 11.5. The molecule has 1 heterocycles. The van der Waals surface area contributed by atoms with E-state index in [0.717, 1.165) is 18.7 Å². The molecule has 1 aromatic heterocycles. The molecule has 0 amide bonds. The number of aryl methyl sites for hydroxylation is 1. The summed E-state index contributed by atoms with van der Waals surface area (Å²) in [4.78, 5) is 2.99. The number of H-pyrrole nitrogens is 1. The molecule has 1 unspecified atom stereocenters. The first kappa shape index (κ1) is 12.3. The van der Waals surface area contributed by atoms with Crippen LogP contribution in [0.5, 0.6) is 0 Å².